The molecular formula is C19H24N2O3S. The number of thiazole rings is 1. The van der Waals surface area contributed by atoms with Crippen LogP contribution >= 0.6 is 11.3 Å². The number of fused-ring (bicyclic) bond motifs is 1. The molecule has 0 amide bonds. The number of rotatable bonds is 6. The summed E-state index contributed by atoms with van der Waals surface area (Å²) in [5, 5.41) is 19.3. The molecule has 1 aliphatic carbocycles. The Morgan fingerprint density at radius 3 is 2.52 bits per heavy atom. The Labute approximate surface area is 152 Å². The molecule has 0 bridgehead atoms. The van der Waals surface area contributed by atoms with Crippen molar-refractivity contribution < 1.29 is 14.6 Å². The van der Waals surface area contributed by atoms with Crippen LogP contribution in [0.15, 0.2) is 12.1 Å². The summed E-state index contributed by atoms with van der Waals surface area (Å²) in [6, 6.07) is 3.99. The molecule has 2 aromatic rings. The molecule has 3 rings (SSSR count). The van der Waals surface area contributed by atoms with Crippen molar-refractivity contribution in [3.05, 3.63) is 38.8 Å². The number of aryl methyl sites for hydroxylation is 1. The van der Waals surface area contributed by atoms with Gasteiger partial charge in [-0.25, -0.2) is 4.98 Å². The van der Waals surface area contributed by atoms with Crippen LogP contribution in [0.1, 0.15) is 46.0 Å². The maximum absolute atomic E-state index is 9.70. The van der Waals surface area contributed by atoms with E-state index in [1.807, 2.05) is 12.1 Å². The number of nitrogens with one attached hydrogen (secondary N) is 1. The highest BCUT2D eigenvalue weighted by Crippen LogP contribution is 2.39. The van der Waals surface area contributed by atoms with Gasteiger partial charge in [0.25, 0.3) is 0 Å². The molecule has 1 atom stereocenters. The molecule has 0 saturated heterocycles. The molecule has 2 N–H and O–H groups in total. The van der Waals surface area contributed by atoms with E-state index in [1.165, 1.54) is 5.56 Å². The summed E-state index contributed by atoms with van der Waals surface area (Å²) in [5.41, 5.74) is 3.68. The lowest BCUT2D eigenvalue weighted by Gasteiger charge is -2.26. The van der Waals surface area contributed by atoms with Crippen LogP contribution in [-0.2, 0) is 25.9 Å². The number of hydrogen-bond donors (Lipinski definition) is 2. The molecule has 1 aromatic heterocycles. The van der Waals surface area contributed by atoms with Crippen LogP contribution in [0.2, 0.25) is 0 Å². The van der Waals surface area contributed by atoms with E-state index in [1.54, 1.807) is 25.6 Å². The average molecular weight is 360 g/mol. The summed E-state index contributed by atoms with van der Waals surface area (Å²) in [4.78, 5) is 5.61. The first-order valence-electron chi connectivity index (χ1n) is 8.51. The van der Waals surface area contributed by atoms with Crippen LogP contribution in [0.25, 0.3) is 0 Å². The van der Waals surface area contributed by atoms with Gasteiger partial charge >= 0.3 is 0 Å². The second-order valence-electron chi connectivity index (χ2n) is 6.26. The predicted octanol–water partition coefficient (Wildman–Crippen LogP) is 3.51. The average Bonchev–Trinajstić information content (AvgIpc) is 3.03. The summed E-state index contributed by atoms with van der Waals surface area (Å²) in [6.07, 6.45) is 3.26. The number of nitrogens with zero attached hydrogens (tertiary/aromatic N) is 1. The molecule has 134 valence electrons. The highest BCUT2D eigenvalue weighted by molar-refractivity contribution is 7.12. The molecule has 1 aromatic carbocycles. The van der Waals surface area contributed by atoms with Gasteiger partial charge in [-0.05, 0) is 42.5 Å². The van der Waals surface area contributed by atoms with E-state index in [0.717, 1.165) is 40.4 Å². The van der Waals surface area contributed by atoms with Crippen LogP contribution in [0.3, 0.4) is 0 Å². The van der Waals surface area contributed by atoms with Crippen molar-refractivity contribution in [3.8, 4) is 11.5 Å². The van der Waals surface area contributed by atoms with Crippen LogP contribution in [-0.4, -0.2) is 30.0 Å². The Morgan fingerprint density at radius 2 is 1.92 bits per heavy atom. The Bertz CT molecular complexity index is 785. The van der Waals surface area contributed by atoms with E-state index in [2.05, 4.69) is 11.9 Å². The lowest BCUT2D eigenvalue weighted by atomic mass is 9.81. The SMILES string of the molecule is CCCc1nc(CO)c(C2Cc3cc(OC)c(OC)cc3CC2=N)s1. The molecule has 0 spiro atoms. The summed E-state index contributed by atoms with van der Waals surface area (Å²) in [7, 11) is 3.26. The third-order valence-corrected chi connectivity index (χ3v) is 5.90. The van der Waals surface area contributed by atoms with E-state index in [9.17, 15) is 5.11 Å². The quantitative estimate of drug-likeness (QED) is 0.827. The smallest absolute Gasteiger partial charge is 0.161 e. The second-order valence-corrected chi connectivity index (χ2v) is 7.38. The van der Waals surface area contributed by atoms with Crippen LogP contribution in [0.5, 0.6) is 11.5 Å². The maximum atomic E-state index is 9.70. The summed E-state index contributed by atoms with van der Waals surface area (Å²) < 4.78 is 10.8. The van der Waals surface area contributed by atoms with Crippen molar-refractivity contribution >= 4 is 17.0 Å². The van der Waals surface area contributed by atoms with Crippen molar-refractivity contribution in [1.82, 2.24) is 4.98 Å². The normalized spacial score (nSPS) is 16.6. The number of ether oxygens (including phenoxy) is 2. The van der Waals surface area contributed by atoms with E-state index < -0.39 is 0 Å². The zero-order valence-corrected chi connectivity index (χ0v) is 15.7. The Kier molecular flexibility index (Phi) is 5.39. The lowest BCUT2D eigenvalue weighted by Crippen LogP contribution is -2.23. The van der Waals surface area contributed by atoms with Crippen molar-refractivity contribution in [2.45, 2.75) is 45.1 Å². The lowest BCUT2D eigenvalue weighted by molar-refractivity contribution is 0.276. The first kappa shape index (κ1) is 17.9. The first-order valence-corrected chi connectivity index (χ1v) is 9.33. The number of aromatic nitrogens is 1. The Hall–Kier alpha value is -1.92. The zero-order chi connectivity index (χ0) is 18.0. The van der Waals surface area contributed by atoms with Gasteiger partial charge in [0.2, 0.25) is 0 Å². The number of aliphatic hydroxyl groups is 1. The number of hydrogen-bond acceptors (Lipinski definition) is 6. The highest BCUT2D eigenvalue weighted by atomic mass is 32.1. The van der Waals surface area contributed by atoms with Crippen molar-refractivity contribution in [1.29, 1.82) is 5.41 Å². The molecule has 25 heavy (non-hydrogen) atoms. The van der Waals surface area contributed by atoms with Crippen molar-refractivity contribution in [2.75, 3.05) is 14.2 Å². The first-order chi connectivity index (χ1) is 12.1. The summed E-state index contributed by atoms with van der Waals surface area (Å²) in [6.45, 7) is 2.05. The van der Waals surface area contributed by atoms with Gasteiger partial charge in [0, 0.05) is 22.9 Å². The van der Waals surface area contributed by atoms with Gasteiger partial charge in [0.1, 0.15) is 0 Å². The molecule has 1 heterocycles. The summed E-state index contributed by atoms with van der Waals surface area (Å²) >= 11 is 1.64. The van der Waals surface area contributed by atoms with Crippen molar-refractivity contribution in [3.63, 3.8) is 0 Å². The maximum Gasteiger partial charge on any atom is 0.161 e. The largest absolute Gasteiger partial charge is 0.493 e. The van der Waals surface area contributed by atoms with Gasteiger partial charge in [0.05, 0.1) is 31.5 Å². The molecule has 6 heteroatoms. The van der Waals surface area contributed by atoms with Gasteiger partial charge in [-0.15, -0.1) is 11.3 Å². The predicted molar refractivity (Wildman–Crippen MR) is 99.5 cm³/mol. The third kappa shape index (κ3) is 3.41. The topological polar surface area (TPSA) is 75.4 Å². The minimum Gasteiger partial charge on any atom is -0.493 e. The number of benzene rings is 1. The van der Waals surface area contributed by atoms with Crippen LogP contribution in [0, 0.1) is 5.41 Å². The van der Waals surface area contributed by atoms with E-state index in [-0.39, 0.29) is 12.5 Å². The van der Waals surface area contributed by atoms with E-state index in [0.29, 0.717) is 23.6 Å². The molecule has 0 fully saturated rings. The van der Waals surface area contributed by atoms with Gasteiger partial charge in [-0.3, -0.25) is 0 Å². The molecule has 0 aliphatic heterocycles. The Balaban J connectivity index is 1.97. The molecule has 5 nitrogen and oxygen atoms in total. The number of aliphatic hydroxyl groups excluding tert-OH is 1. The molecular weight excluding hydrogens is 336 g/mol. The Morgan fingerprint density at radius 1 is 1.24 bits per heavy atom. The monoisotopic (exact) mass is 360 g/mol. The van der Waals surface area contributed by atoms with E-state index >= 15 is 0 Å². The number of methoxy groups -OCH3 is 2. The fourth-order valence-corrected chi connectivity index (χ4v) is 4.67. The molecule has 1 unspecified atom stereocenters. The second kappa shape index (κ2) is 7.54. The van der Waals surface area contributed by atoms with Crippen LogP contribution in [0.4, 0.5) is 0 Å². The van der Waals surface area contributed by atoms with E-state index in [4.69, 9.17) is 14.9 Å². The summed E-state index contributed by atoms with van der Waals surface area (Å²) in [5.74, 6) is 1.40. The molecule has 0 saturated carbocycles. The van der Waals surface area contributed by atoms with Gasteiger partial charge < -0.3 is 20.0 Å². The van der Waals surface area contributed by atoms with Gasteiger partial charge in [-0.2, -0.15) is 0 Å². The fraction of sp³-hybridized carbons (Fsp3) is 0.474. The van der Waals surface area contributed by atoms with Crippen molar-refractivity contribution in [2.24, 2.45) is 0 Å². The fourth-order valence-electron chi connectivity index (χ4n) is 3.36. The van der Waals surface area contributed by atoms with Crippen LogP contribution < -0.4 is 9.47 Å². The van der Waals surface area contributed by atoms with Gasteiger partial charge in [-0.1, -0.05) is 6.92 Å². The van der Waals surface area contributed by atoms with Gasteiger partial charge in [0.15, 0.2) is 11.5 Å². The minimum absolute atomic E-state index is 0.0177. The third-order valence-electron chi connectivity index (χ3n) is 4.63. The molecule has 1 aliphatic rings. The minimum atomic E-state index is -0.0713. The molecule has 0 radical (unpaired) electrons. The standard InChI is InChI=1S/C19H24N2O3S/c1-4-5-18-21-15(10-22)19(25-18)13-6-11-8-16(23-2)17(24-3)9-12(11)7-14(13)20/h8-9,13,20,22H,4-7,10H2,1-3H3. The highest BCUT2D eigenvalue weighted by Gasteiger charge is 2.30. The zero-order valence-electron chi connectivity index (χ0n) is 14.9.